The lowest BCUT2D eigenvalue weighted by molar-refractivity contribution is -0.122. The van der Waals surface area contributed by atoms with Gasteiger partial charge in [0.1, 0.15) is 11.8 Å². The van der Waals surface area contributed by atoms with Crippen molar-refractivity contribution in [1.29, 1.82) is 0 Å². The fourth-order valence-electron chi connectivity index (χ4n) is 3.06. The predicted octanol–water partition coefficient (Wildman–Crippen LogP) is 3.20. The van der Waals surface area contributed by atoms with Crippen LogP contribution in [0.3, 0.4) is 0 Å². The average molecular weight is 378 g/mol. The number of hydrazone groups is 1. The number of carbonyl (C=O) groups excluding carboxylic acids is 1. The second kappa shape index (κ2) is 9.82. The van der Waals surface area contributed by atoms with Crippen LogP contribution in [-0.2, 0) is 4.79 Å². The number of ether oxygens (including phenoxy) is 1. The molecule has 0 saturated carbocycles. The van der Waals surface area contributed by atoms with Gasteiger partial charge in [0.25, 0.3) is 5.91 Å². The van der Waals surface area contributed by atoms with Crippen LogP contribution in [0, 0.1) is 0 Å². The van der Waals surface area contributed by atoms with E-state index in [0.29, 0.717) is 13.0 Å². The Morgan fingerprint density at radius 2 is 2.04 bits per heavy atom. The third-order valence-electron chi connectivity index (χ3n) is 4.43. The summed E-state index contributed by atoms with van der Waals surface area (Å²) in [5.74, 6) is 0.666. The minimum atomic E-state index is -0.351. The number of allylic oxidation sites excluding steroid dienone is 1. The third-order valence-corrected chi connectivity index (χ3v) is 4.43. The molecular weight excluding hydrogens is 352 g/mol. The van der Waals surface area contributed by atoms with Gasteiger partial charge >= 0.3 is 0 Å². The maximum Gasteiger partial charge on any atom is 0.258 e. The first-order valence-electron chi connectivity index (χ1n) is 9.46. The second-order valence-electron chi connectivity index (χ2n) is 6.67. The summed E-state index contributed by atoms with van der Waals surface area (Å²) >= 11 is 0. The first kappa shape index (κ1) is 19.8. The fraction of sp³-hybridized carbons (Fsp3) is 0.273. The molecule has 2 atom stereocenters. The molecule has 2 unspecified atom stereocenters. The number of hydrogen-bond acceptors (Lipinski definition) is 5. The Balaban J connectivity index is 1.52. The molecule has 1 aliphatic rings. The molecule has 0 spiro atoms. The van der Waals surface area contributed by atoms with Crippen LogP contribution in [0.2, 0.25) is 0 Å². The summed E-state index contributed by atoms with van der Waals surface area (Å²) in [6.45, 7) is 4.53. The highest BCUT2D eigenvalue weighted by atomic mass is 16.5. The number of nitrogens with zero attached hydrogens (tertiary/aromatic N) is 1. The first-order valence-corrected chi connectivity index (χ1v) is 9.46. The normalized spacial score (nSPS) is 19.7. The molecule has 28 heavy (non-hydrogen) atoms. The summed E-state index contributed by atoms with van der Waals surface area (Å²) in [6.07, 6.45) is 4.29. The van der Waals surface area contributed by atoms with Gasteiger partial charge in [0.05, 0.1) is 12.8 Å². The zero-order chi connectivity index (χ0) is 19.8. The summed E-state index contributed by atoms with van der Waals surface area (Å²) in [7, 11) is 0. The smallest absolute Gasteiger partial charge is 0.258 e. The molecule has 1 fully saturated rings. The van der Waals surface area contributed by atoms with Crippen LogP contribution in [-0.4, -0.2) is 24.8 Å². The lowest BCUT2D eigenvalue weighted by Crippen LogP contribution is -2.41. The molecule has 0 bridgehead atoms. The SMILES string of the molecule is CCOc1cccc(C2CC(C(=O)N/N=C/C(C)=C/c3ccccc3)NN2)c1. The zero-order valence-electron chi connectivity index (χ0n) is 16.2. The minimum absolute atomic E-state index is 0.0415. The van der Waals surface area contributed by atoms with Crippen LogP contribution in [0.5, 0.6) is 5.75 Å². The van der Waals surface area contributed by atoms with E-state index in [4.69, 9.17) is 4.74 Å². The van der Waals surface area contributed by atoms with E-state index in [-0.39, 0.29) is 18.0 Å². The molecule has 1 heterocycles. The summed E-state index contributed by atoms with van der Waals surface area (Å²) in [4.78, 5) is 12.4. The molecule has 6 heteroatoms. The first-order chi connectivity index (χ1) is 13.7. The molecule has 1 aliphatic heterocycles. The van der Waals surface area contributed by atoms with Gasteiger partial charge in [-0.25, -0.2) is 16.3 Å². The largest absolute Gasteiger partial charge is 0.494 e. The molecule has 0 aliphatic carbocycles. The number of hydrazine groups is 1. The van der Waals surface area contributed by atoms with Crippen molar-refractivity contribution in [2.45, 2.75) is 32.4 Å². The molecule has 2 aromatic carbocycles. The molecular formula is C22H26N4O2. The summed E-state index contributed by atoms with van der Waals surface area (Å²) < 4.78 is 5.55. The van der Waals surface area contributed by atoms with E-state index < -0.39 is 0 Å². The van der Waals surface area contributed by atoms with Crippen molar-refractivity contribution in [3.63, 3.8) is 0 Å². The van der Waals surface area contributed by atoms with Gasteiger partial charge in [-0.3, -0.25) is 4.79 Å². The number of nitrogens with one attached hydrogen (secondary N) is 3. The summed E-state index contributed by atoms with van der Waals surface area (Å²) in [5.41, 5.74) is 12.0. The van der Waals surface area contributed by atoms with Crippen LogP contribution < -0.4 is 21.0 Å². The molecule has 0 aromatic heterocycles. The third kappa shape index (κ3) is 5.52. The van der Waals surface area contributed by atoms with Crippen LogP contribution in [0.4, 0.5) is 0 Å². The van der Waals surface area contributed by atoms with Crippen LogP contribution >= 0.6 is 0 Å². The van der Waals surface area contributed by atoms with Gasteiger partial charge in [0.15, 0.2) is 0 Å². The Morgan fingerprint density at radius 1 is 1.21 bits per heavy atom. The monoisotopic (exact) mass is 378 g/mol. The van der Waals surface area contributed by atoms with E-state index in [0.717, 1.165) is 22.4 Å². The van der Waals surface area contributed by atoms with Gasteiger partial charge in [0.2, 0.25) is 0 Å². The van der Waals surface area contributed by atoms with Gasteiger partial charge in [0, 0.05) is 6.04 Å². The lowest BCUT2D eigenvalue weighted by atomic mass is 10.0. The summed E-state index contributed by atoms with van der Waals surface area (Å²) in [5, 5.41) is 4.07. The Bertz CT molecular complexity index is 849. The Kier molecular flexibility index (Phi) is 6.94. The van der Waals surface area contributed by atoms with Crippen LogP contribution in [0.1, 0.15) is 37.4 Å². The molecule has 1 amide bonds. The van der Waals surface area contributed by atoms with E-state index >= 15 is 0 Å². The highest BCUT2D eigenvalue weighted by Crippen LogP contribution is 2.25. The number of amides is 1. The Hall–Kier alpha value is -2.96. The van der Waals surface area contributed by atoms with E-state index in [2.05, 4.69) is 21.4 Å². The highest BCUT2D eigenvalue weighted by molar-refractivity contribution is 5.87. The quantitative estimate of drug-likeness (QED) is 0.511. The van der Waals surface area contributed by atoms with Gasteiger partial charge in [-0.05, 0) is 49.1 Å². The molecule has 3 rings (SSSR count). The van der Waals surface area contributed by atoms with E-state index in [9.17, 15) is 4.79 Å². The topological polar surface area (TPSA) is 74.8 Å². The number of benzene rings is 2. The van der Waals surface area contributed by atoms with E-state index in [1.54, 1.807) is 6.21 Å². The van der Waals surface area contributed by atoms with Gasteiger partial charge < -0.3 is 4.74 Å². The van der Waals surface area contributed by atoms with Crippen molar-refractivity contribution in [3.8, 4) is 5.75 Å². The number of carbonyl (C=O) groups is 1. The van der Waals surface area contributed by atoms with Crippen LogP contribution in [0.15, 0.2) is 65.3 Å². The van der Waals surface area contributed by atoms with Crippen LogP contribution in [0.25, 0.3) is 6.08 Å². The Morgan fingerprint density at radius 3 is 2.82 bits per heavy atom. The zero-order valence-corrected chi connectivity index (χ0v) is 16.2. The van der Waals surface area contributed by atoms with Gasteiger partial charge in [-0.15, -0.1) is 0 Å². The molecule has 2 aromatic rings. The van der Waals surface area contributed by atoms with Crippen molar-refractivity contribution in [2.75, 3.05) is 6.61 Å². The molecule has 6 nitrogen and oxygen atoms in total. The molecule has 3 N–H and O–H groups in total. The fourth-order valence-corrected chi connectivity index (χ4v) is 3.06. The Labute approximate surface area is 165 Å². The van der Waals surface area contributed by atoms with Gasteiger partial charge in [-0.1, -0.05) is 48.5 Å². The minimum Gasteiger partial charge on any atom is -0.494 e. The van der Waals surface area contributed by atoms with Crippen molar-refractivity contribution >= 4 is 18.2 Å². The molecule has 0 radical (unpaired) electrons. The van der Waals surface area contributed by atoms with Gasteiger partial charge in [-0.2, -0.15) is 5.10 Å². The standard InChI is InChI=1S/C22H26N4O2/c1-3-28-19-11-7-10-18(13-19)20-14-21(25-24-20)22(27)26-23-15-16(2)12-17-8-5-4-6-9-17/h4-13,15,20-21,24-25H,3,14H2,1-2H3,(H,26,27)/b16-12+,23-15+. The van der Waals surface area contributed by atoms with Crippen molar-refractivity contribution in [3.05, 3.63) is 71.3 Å². The lowest BCUT2D eigenvalue weighted by Gasteiger charge is -2.11. The van der Waals surface area contributed by atoms with Crippen molar-refractivity contribution < 1.29 is 9.53 Å². The number of rotatable bonds is 7. The van der Waals surface area contributed by atoms with Crippen molar-refractivity contribution in [1.82, 2.24) is 16.3 Å². The van der Waals surface area contributed by atoms with E-state index in [1.807, 2.05) is 74.5 Å². The maximum absolute atomic E-state index is 12.4. The highest BCUT2D eigenvalue weighted by Gasteiger charge is 2.30. The predicted molar refractivity (Wildman–Crippen MR) is 112 cm³/mol. The average Bonchev–Trinajstić information content (AvgIpc) is 3.20. The molecule has 1 saturated heterocycles. The second-order valence-corrected chi connectivity index (χ2v) is 6.67. The number of hydrogen-bond donors (Lipinski definition) is 3. The maximum atomic E-state index is 12.4. The molecule has 146 valence electrons. The van der Waals surface area contributed by atoms with Crippen molar-refractivity contribution in [2.24, 2.45) is 5.10 Å². The summed E-state index contributed by atoms with van der Waals surface area (Å²) in [6, 6.07) is 17.6. The van der Waals surface area contributed by atoms with E-state index in [1.165, 1.54) is 0 Å².